The molecule has 0 radical (unpaired) electrons. The average molecular weight is 149 g/mol. The van der Waals surface area contributed by atoms with Crippen molar-refractivity contribution in [1.29, 1.82) is 0 Å². The van der Waals surface area contributed by atoms with Crippen molar-refractivity contribution in [3.8, 4) is 0 Å². The fourth-order valence-corrected chi connectivity index (χ4v) is 0.758. The Morgan fingerprint density at radius 2 is 2.00 bits per heavy atom. The van der Waals surface area contributed by atoms with E-state index in [0.29, 0.717) is 11.8 Å². The van der Waals surface area contributed by atoms with Gasteiger partial charge < -0.3 is 5.21 Å². The predicted octanol–water partition coefficient (Wildman–Crippen LogP) is 1.06. The first-order chi connectivity index (χ1) is 5.38. The lowest BCUT2D eigenvalue weighted by Crippen LogP contribution is -2.00. The van der Waals surface area contributed by atoms with Crippen molar-refractivity contribution in [2.24, 2.45) is 5.16 Å². The maximum Gasteiger partial charge on any atom is 0.172 e. The van der Waals surface area contributed by atoms with Crippen LogP contribution in [0.3, 0.4) is 0 Å². The van der Waals surface area contributed by atoms with Gasteiger partial charge in [-0.05, 0) is 0 Å². The van der Waals surface area contributed by atoms with E-state index in [-0.39, 0.29) is 5.71 Å². The second-order valence-electron chi connectivity index (χ2n) is 1.97. The van der Waals surface area contributed by atoms with E-state index in [0.717, 1.165) is 0 Å². The molecule has 0 atom stereocenters. The first-order valence-electron chi connectivity index (χ1n) is 3.11. The molecule has 0 saturated carbocycles. The van der Waals surface area contributed by atoms with Crippen molar-refractivity contribution in [2.45, 2.75) is 0 Å². The van der Waals surface area contributed by atoms with E-state index in [4.69, 9.17) is 5.21 Å². The fraction of sp³-hybridized carbons (Fsp3) is 0. The average Bonchev–Trinajstić information content (AvgIpc) is 2.09. The third kappa shape index (κ3) is 1.64. The Morgan fingerprint density at radius 3 is 2.45 bits per heavy atom. The molecule has 0 aromatic heterocycles. The topological polar surface area (TPSA) is 49.7 Å². The molecule has 1 aromatic carbocycles. The van der Waals surface area contributed by atoms with Gasteiger partial charge in [-0.25, -0.2) is 0 Å². The van der Waals surface area contributed by atoms with Gasteiger partial charge in [0.1, 0.15) is 5.71 Å². The van der Waals surface area contributed by atoms with Gasteiger partial charge in [-0.15, -0.1) is 0 Å². The molecule has 1 aromatic rings. The number of hydrogen-bond acceptors (Lipinski definition) is 3. The lowest BCUT2D eigenvalue weighted by atomic mass is 10.1. The summed E-state index contributed by atoms with van der Waals surface area (Å²) in [7, 11) is 0. The quantitative estimate of drug-likeness (QED) is 0.296. The van der Waals surface area contributed by atoms with Crippen LogP contribution in [0, 0.1) is 0 Å². The normalized spacial score (nSPS) is 11.1. The number of carbonyl (C=O) groups is 1. The molecule has 0 unspecified atom stereocenters. The number of hydrogen-bond donors (Lipinski definition) is 1. The molecule has 3 nitrogen and oxygen atoms in total. The Balaban J connectivity index is 3.01. The summed E-state index contributed by atoms with van der Waals surface area (Å²) >= 11 is 0. The fourth-order valence-electron chi connectivity index (χ4n) is 0.758. The monoisotopic (exact) mass is 149 g/mol. The molecule has 0 heterocycles. The van der Waals surface area contributed by atoms with Crippen molar-refractivity contribution in [3.05, 3.63) is 35.9 Å². The number of oxime groups is 1. The Labute approximate surface area is 64.0 Å². The Hall–Kier alpha value is -1.64. The summed E-state index contributed by atoms with van der Waals surface area (Å²) in [5.74, 6) is 0. The molecule has 56 valence electrons. The second kappa shape index (κ2) is 3.51. The van der Waals surface area contributed by atoms with Gasteiger partial charge >= 0.3 is 0 Å². The summed E-state index contributed by atoms with van der Waals surface area (Å²) in [6.45, 7) is 0. The SMILES string of the molecule is O=CC(=NO)c1ccccc1. The highest BCUT2D eigenvalue weighted by atomic mass is 16.4. The molecule has 0 amide bonds. The summed E-state index contributed by atoms with van der Waals surface area (Å²) in [6, 6.07) is 8.75. The maximum absolute atomic E-state index is 10.2. The number of rotatable bonds is 2. The van der Waals surface area contributed by atoms with E-state index >= 15 is 0 Å². The lowest BCUT2D eigenvalue weighted by molar-refractivity contribution is -0.102. The van der Waals surface area contributed by atoms with Gasteiger partial charge in [-0.2, -0.15) is 0 Å². The van der Waals surface area contributed by atoms with Crippen LogP contribution in [0.4, 0.5) is 0 Å². The molecular weight excluding hydrogens is 142 g/mol. The maximum atomic E-state index is 10.2. The molecule has 1 rings (SSSR count). The van der Waals surface area contributed by atoms with E-state index in [1.54, 1.807) is 24.3 Å². The van der Waals surface area contributed by atoms with Crippen molar-refractivity contribution >= 4 is 12.0 Å². The summed E-state index contributed by atoms with van der Waals surface area (Å²) in [5, 5.41) is 11.2. The highest BCUT2D eigenvalue weighted by Crippen LogP contribution is 1.98. The van der Waals surface area contributed by atoms with Crippen LogP contribution in [0.2, 0.25) is 0 Å². The van der Waals surface area contributed by atoms with Gasteiger partial charge in [0, 0.05) is 5.56 Å². The summed E-state index contributed by atoms with van der Waals surface area (Å²) < 4.78 is 0. The summed E-state index contributed by atoms with van der Waals surface area (Å²) in [5.41, 5.74) is 0.663. The first-order valence-corrected chi connectivity index (χ1v) is 3.11. The number of benzene rings is 1. The molecule has 3 heteroatoms. The zero-order chi connectivity index (χ0) is 8.10. The van der Waals surface area contributed by atoms with Gasteiger partial charge in [0.05, 0.1) is 0 Å². The number of aldehydes is 1. The van der Waals surface area contributed by atoms with Crippen LogP contribution in [0.15, 0.2) is 35.5 Å². The standard InChI is InChI=1S/C8H7NO2/c10-6-8(9-11)7-4-2-1-3-5-7/h1-6,11H. The molecule has 0 spiro atoms. The molecule has 0 aliphatic carbocycles. The number of nitrogens with zero attached hydrogens (tertiary/aromatic N) is 1. The van der Waals surface area contributed by atoms with Gasteiger partial charge in [-0.1, -0.05) is 35.5 Å². The summed E-state index contributed by atoms with van der Waals surface area (Å²) in [4.78, 5) is 10.2. The zero-order valence-corrected chi connectivity index (χ0v) is 5.77. The Bertz CT molecular complexity index is 267. The van der Waals surface area contributed by atoms with Crippen LogP contribution < -0.4 is 0 Å². The van der Waals surface area contributed by atoms with E-state index in [9.17, 15) is 4.79 Å². The van der Waals surface area contributed by atoms with E-state index in [1.165, 1.54) is 0 Å². The van der Waals surface area contributed by atoms with Gasteiger partial charge in [-0.3, -0.25) is 4.79 Å². The summed E-state index contributed by atoms with van der Waals surface area (Å²) in [6.07, 6.45) is 0.509. The minimum absolute atomic E-state index is 0.0469. The minimum Gasteiger partial charge on any atom is -0.410 e. The van der Waals surface area contributed by atoms with Crippen molar-refractivity contribution in [1.82, 2.24) is 0 Å². The lowest BCUT2D eigenvalue weighted by Gasteiger charge is -1.93. The zero-order valence-electron chi connectivity index (χ0n) is 5.77. The second-order valence-corrected chi connectivity index (χ2v) is 1.97. The minimum atomic E-state index is 0.0469. The van der Waals surface area contributed by atoms with Crippen LogP contribution in [-0.4, -0.2) is 17.2 Å². The van der Waals surface area contributed by atoms with Crippen molar-refractivity contribution < 1.29 is 10.0 Å². The Morgan fingerprint density at radius 1 is 1.36 bits per heavy atom. The molecule has 0 saturated heterocycles. The molecule has 0 bridgehead atoms. The molecular formula is C8H7NO2. The third-order valence-corrected chi connectivity index (χ3v) is 1.29. The predicted molar refractivity (Wildman–Crippen MR) is 40.8 cm³/mol. The molecule has 1 N–H and O–H groups in total. The molecule has 0 aliphatic heterocycles. The van der Waals surface area contributed by atoms with Gasteiger partial charge in [0.25, 0.3) is 0 Å². The third-order valence-electron chi connectivity index (χ3n) is 1.29. The highest BCUT2D eigenvalue weighted by molar-refractivity contribution is 6.36. The van der Waals surface area contributed by atoms with Crippen LogP contribution in [0.25, 0.3) is 0 Å². The van der Waals surface area contributed by atoms with Gasteiger partial charge in [0.2, 0.25) is 0 Å². The largest absolute Gasteiger partial charge is 0.410 e. The van der Waals surface area contributed by atoms with Crippen molar-refractivity contribution in [3.63, 3.8) is 0 Å². The Kier molecular flexibility index (Phi) is 2.38. The van der Waals surface area contributed by atoms with Crippen LogP contribution in [0.1, 0.15) is 5.56 Å². The van der Waals surface area contributed by atoms with E-state index in [1.807, 2.05) is 6.07 Å². The smallest absolute Gasteiger partial charge is 0.172 e. The van der Waals surface area contributed by atoms with Crippen LogP contribution in [-0.2, 0) is 4.79 Å². The van der Waals surface area contributed by atoms with Gasteiger partial charge in [0.15, 0.2) is 6.29 Å². The number of carbonyl (C=O) groups excluding carboxylic acids is 1. The van der Waals surface area contributed by atoms with Crippen LogP contribution >= 0.6 is 0 Å². The molecule has 11 heavy (non-hydrogen) atoms. The van der Waals surface area contributed by atoms with Crippen LogP contribution in [0.5, 0.6) is 0 Å². The molecule has 0 aliphatic rings. The first kappa shape index (κ1) is 7.47. The van der Waals surface area contributed by atoms with E-state index in [2.05, 4.69) is 5.16 Å². The van der Waals surface area contributed by atoms with Crippen molar-refractivity contribution in [2.75, 3.05) is 0 Å². The van der Waals surface area contributed by atoms with E-state index < -0.39 is 0 Å². The molecule has 0 fully saturated rings. The highest BCUT2D eigenvalue weighted by Gasteiger charge is 1.98.